The molecule has 0 N–H and O–H groups in total. The molecule has 0 aromatic heterocycles. The van der Waals surface area contributed by atoms with Crippen molar-refractivity contribution >= 4 is 39.1 Å². The molecule has 2 aromatic carbocycles. The summed E-state index contributed by atoms with van der Waals surface area (Å²) in [6.45, 7) is 2.50. The quantitative estimate of drug-likeness (QED) is 0.619. The Labute approximate surface area is 148 Å². The molecule has 2 atom stereocenters. The van der Waals surface area contributed by atoms with Gasteiger partial charge in [0.2, 0.25) is 5.79 Å². The number of ether oxygens (including phenoxy) is 2. The monoisotopic (exact) mass is 400 g/mol. The molecule has 1 aliphatic heterocycles. The van der Waals surface area contributed by atoms with Crippen molar-refractivity contribution < 1.29 is 9.47 Å². The number of benzene rings is 2. The van der Waals surface area contributed by atoms with Gasteiger partial charge in [0.15, 0.2) is 0 Å². The van der Waals surface area contributed by atoms with Crippen LogP contribution in [0.4, 0.5) is 0 Å². The first-order valence-electron chi connectivity index (χ1n) is 6.94. The maximum absolute atomic E-state index is 6.28. The van der Waals surface area contributed by atoms with Crippen LogP contribution in [-0.4, -0.2) is 11.9 Å². The Morgan fingerprint density at radius 1 is 1.18 bits per heavy atom. The van der Waals surface area contributed by atoms with Gasteiger partial charge >= 0.3 is 0 Å². The molecule has 0 unspecified atom stereocenters. The molecule has 0 spiro atoms. The molecule has 0 radical (unpaired) electrons. The van der Waals surface area contributed by atoms with Gasteiger partial charge in [-0.3, -0.25) is 0 Å². The van der Waals surface area contributed by atoms with Crippen LogP contribution in [0.15, 0.2) is 42.5 Å². The predicted molar refractivity (Wildman–Crippen MR) is 92.9 cm³/mol. The highest BCUT2D eigenvalue weighted by Crippen LogP contribution is 2.43. The molecule has 1 aliphatic rings. The normalized spacial score (nSPS) is 24.6. The summed E-state index contributed by atoms with van der Waals surface area (Å²) in [5.41, 5.74) is 3.08. The molecular weight excluding hydrogens is 387 g/mol. The second-order valence-corrected chi connectivity index (χ2v) is 6.74. The van der Waals surface area contributed by atoms with Crippen molar-refractivity contribution in [3.8, 4) is 0 Å². The van der Waals surface area contributed by atoms with Crippen LogP contribution in [0.25, 0.3) is 0 Å². The first-order chi connectivity index (χ1) is 10.5. The fourth-order valence-corrected chi connectivity index (χ4v) is 3.68. The summed E-state index contributed by atoms with van der Waals surface area (Å²) < 4.78 is 12.2. The maximum atomic E-state index is 6.28. The standard InChI is InChI=1S/C17H15BrCl2O2/c1-11-2-4-12(5-3-11)17(10-18)21-9-16(22-17)14-7-6-13(19)8-15(14)20/h2-8,16H,9-10H2,1H3/t16-,17+/m1/s1. The molecule has 2 nitrogen and oxygen atoms in total. The largest absolute Gasteiger partial charge is 0.342 e. The van der Waals surface area contributed by atoms with Crippen LogP contribution < -0.4 is 0 Å². The van der Waals surface area contributed by atoms with Crippen molar-refractivity contribution in [2.75, 3.05) is 11.9 Å². The number of halogens is 3. The Morgan fingerprint density at radius 3 is 2.55 bits per heavy atom. The van der Waals surface area contributed by atoms with E-state index in [1.807, 2.05) is 24.3 Å². The lowest BCUT2D eigenvalue weighted by Gasteiger charge is -2.26. The number of hydrogen-bond donors (Lipinski definition) is 0. The summed E-state index contributed by atoms with van der Waals surface area (Å²) in [6.07, 6.45) is -0.219. The van der Waals surface area contributed by atoms with E-state index in [9.17, 15) is 0 Å². The van der Waals surface area contributed by atoms with Crippen LogP contribution in [0.2, 0.25) is 10.0 Å². The lowest BCUT2D eigenvalue weighted by atomic mass is 10.1. The minimum absolute atomic E-state index is 0.219. The number of alkyl halides is 1. The van der Waals surface area contributed by atoms with Crippen molar-refractivity contribution in [2.24, 2.45) is 0 Å². The molecule has 0 saturated carbocycles. The fourth-order valence-electron chi connectivity index (χ4n) is 2.53. The summed E-state index contributed by atoms with van der Waals surface area (Å²) in [6, 6.07) is 13.6. The summed E-state index contributed by atoms with van der Waals surface area (Å²) in [5, 5.41) is 1.75. The van der Waals surface area contributed by atoms with Crippen LogP contribution in [0.5, 0.6) is 0 Å². The second kappa shape index (κ2) is 6.50. The summed E-state index contributed by atoms with van der Waals surface area (Å²) in [4.78, 5) is 0. The zero-order valence-electron chi connectivity index (χ0n) is 12.0. The molecule has 1 heterocycles. The molecule has 116 valence electrons. The zero-order chi connectivity index (χ0) is 15.7. The molecular formula is C17H15BrCl2O2. The lowest BCUT2D eigenvalue weighted by molar-refractivity contribution is -0.157. The van der Waals surface area contributed by atoms with E-state index >= 15 is 0 Å². The smallest absolute Gasteiger partial charge is 0.205 e. The van der Waals surface area contributed by atoms with Gasteiger partial charge in [-0.2, -0.15) is 0 Å². The van der Waals surface area contributed by atoms with E-state index in [2.05, 4.69) is 35.0 Å². The van der Waals surface area contributed by atoms with E-state index < -0.39 is 5.79 Å². The summed E-state index contributed by atoms with van der Waals surface area (Å²) in [7, 11) is 0. The summed E-state index contributed by atoms with van der Waals surface area (Å²) >= 11 is 15.7. The third-order valence-corrected chi connectivity index (χ3v) is 5.08. The topological polar surface area (TPSA) is 18.5 Å². The molecule has 3 rings (SSSR count). The molecule has 0 bridgehead atoms. The molecule has 22 heavy (non-hydrogen) atoms. The van der Waals surface area contributed by atoms with Crippen molar-refractivity contribution in [2.45, 2.75) is 18.8 Å². The molecule has 1 saturated heterocycles. The zero-order valence-corrected chi connectivity index (χ0v) is 15.1. The fraction of sp³-hybridized carbons (Fsp3) is 0.294. The third kappa shape index (κ3) is 3.06. The molecule has 5 heteroatoms. The summed E-state index contributed by atoms with van der Waals surface area (Å²) in [5.74, 6) is -0.790. The molecule has 2 aromatic rings. The van der Waals surface area contributed by atoms with Gasteiger partial charge in [-0.25, -0.2) is 0 Å². The van der Waals surface area contributed by atoms with Crippen LogP contribution in [0, 0.1) is 6.92 Å². The van der Waals surface area contributed by atoms with E-state index in [0.717, 1.165) is 11.1 Å². The SMILES string of the molecule is Cc1ccc([C@@]2(CBr)OC[C@H](c3ccc(Cl)cc3Cl)O2)cc1. The Kier molecular flexibility index (Phi) is 4.81. The van der Waals surface area contributed by atoms with Crippen molar-refractivity contribution in [3.63, 3.8) is 0 Å². The van der Waals surface area contributed by atoms with E-state index in [4.69, 9.17) is 32.7 Å². The van der Waals surface area contributed by atoms with Gasteiger partial charge in [0.05, 0.1) is 11.9 Å². The highest BCUT2D eigenvalue weighted by molar-refractivity contribution is 9.09. The van der Waals surface area contributed by atoms with Gasteiger partial charge in [-0.1, -0.05) is 75.0 Å². The van der Waals surface area contributed by atoms with E-state index in [0.29, 0.717) is 22.0 Å². The minimum Gasteiger partial charge on any atom is -0.342 e. The minimum atomic E-state index is -0.790. The Balaban J connectivity index is 1.89. The van der Waals surface area contributed by atoms with Crippen molar-refractivity contribution in [3.05, 3.63) is 69.2 Å². The highest BCUT2D eigenvalue weighted by atomic mass is 79.9. The number of hydrogen-bond acceptors (Lipinski definition) is 2. The van der Waals surface area contributed by atoms with Gasteiger partial charge in [0.1, 0.15) is 6.10 Å². The Morgan fingerprint density at radius 2 is 1.91 bits per heavy atom. The van der Waals surface area contributed by atoms with Gasteiger partial charge in [0.25, 0.3) is 0 Å². The van der Waals surface area contributed by atoms with Crippen LogP contribution >= 0.6 is 39.1 Å². The third-order valence-electron chi connectivity index (χ3n) is 3.78. The van der Waals surface area contributed by atoms with Gasteiger partial charge < -0.3 is 9.47 Å². The number of aryl methyl sites for hydroxylation is 1. The lowest BCUT2D eigenvalue weighted by Crippen LogP contribution is -2.29. The van der Waals surface area contributed by atoms with E-state index in [1.165, 1.54) is 5.56 Å². The second-order valence-electron chi connectivity index (χ2n) is 5.34. The van der Waals surface area contributed by atoms with E-state index in [-0.39, 0.29) is 6.10 Å². The highest BCUT2D eigenvalue weighted by Gasteiger charge is 2.43. The average Bonchev–Trinajstić information content (AvgIpc) is 2.93. The number of rotatable bonds is 3. The molecule has 1 fully saturated rings. The van der Waals surface area contributed by atoms with Gasteiger partial charge in [0, 0.05) is 21.2 Å². The molecule has 0 amide bonds. The van der Waals surface area contributed by atoms with Crippen molar-refractivity contribution in [1.29, 1.82) is 0 Å². The Bertz CT molecular complexity index is 675. The Hall–Kier alpha value is -0.580. The van der Waals surface area contributed by atoms with Gasteiger partial charge in [-0.15, -0.1) is 0 Å². The molecule has 0 aliphatic carbocycles. The van der Waals surface area contributed by atoms with Crippen LogP contribution in [0.1, 0.15) is 22.8 Å². The van der Waals surface area contributed by atoms with E-state index in [1.54, 1.807) is 6.07 Å². The first kappa shape index (κ1) is 16.3. The van der Waals surface area contributed by atoms with Crippen LogP contribution in [0.3, 0.4) is 0 Å². The maximum Gasteiger partial charge on any atom is 0.205 e. The predicted octanol–water partition coefficient (Wildman–Crippen LogP) is 5.64. The van der Waals surface area contributed by atoms with Crippen molar-refractivity contribution in [1.82, 2.24) is 0 Å². The first-order valence-corrected chi connectivity index (χ1v) is 8.82. The average molecular weight is 402 g/mol. The van der Waals surface area contributed by atoms with Crippen LogP contribution in [-0.2, 0) is 15.3 Å². The van der Waals surface area contributed by atoms with Gasteiger partial charge in [-0.05, 0) is 19.1 Å².